The molecule has 3 rings (SSSR count). The molecule has 1 fully saturated rings. The van der Waals surface area contributed by atoms with Crippen molar-refractivity contribution in [2.75, 3.05) is 5.73 Å². The van der Waals surface area contributed by atoms with Gasteiger partial charge < -0.3 is 10.6 Å². The minimum atomic E-state index is -0.945. The summed E-state index contributed by atoms with van der Waals surface area (Å²) in [5, 5.41) is 4.34. The van der Waals surface area contributed by atoms with Gasteiger partial charge in [0.1, 0.15) is 0 Å². The molecular formula is C11H9N5O4. The highest BCUT2D eigenvalue weighted by Gasteiger charge is 2.34. The van der Waals surface area contributed by atoms with Crippen LogP contribution in [0, 0.1) is 0 Å². The van der Waals surface area contributed by atoms with E-state index >= 15 is 0 Å². The van der Waals surface area contributed by atoms with E-state index in [-0.39, 0.29) is 29.9 Å². The van der Waals surface area contributed by atoms with Gasteiger partial charge in [-0.25, -0.2) is 14.3 Å². The minimum absolute atomic E-state index is 0.0224. The van der Waals surface area contributed by atoms with Gasteiger partial charge in [0.05, 0.1) is 0 Å². The molecule has 9 heteroatoms. The van der Waals surface area contributed by atoms with Gasteiger partial charge in [0.15, 0.2) is 17.0 Å². The molecule has 2 aromatic rings. The summed E-state index contributed by atoms with van der Waals surface area (Å²) in [6.07, 6.45) is 3.06. The fourth-order valence-electron chi connectivity index (χ4n) is 1.89. The van der Waals surface area contributed by atoms with Crippen LogP contribution in [0.25, 0.3) is 5.65 Å². The zero-order valence-electron chi connectivity index (χ0n) is 10.1. The Morgan fingerprint density at radius 1 is 1.30 bits per heavy atom. The molecule has 0 atom stereocenters. The van der Waals surface area contributed by atoms with Crippen LogP contribution in [0.5, 0.6) is 0 Å². The first-order valence-corrected chi connectivity index (χ1v) is 5.75. The topological polar surface area (TPSA) is 120 Å². The maximum atomic E-state index is 12.0. The van der Waals surface area contributed by atoms with Crippen LogP contribution in [0.2, 0.25) is 0 Å². The fourth-order valence-corrected chi connectivity index (χ4v) is 1.89. The van der Waals surface area contributed by atoms with E-state index in [0.717, 1.165) is 0 Å². The fraction of sp³-hybridized carbons (Fsp3) is 0.182. The van der Waals surface area contributed by atoms with Gasteiger partial charge in [-0.05, 0) is 6.07 Å². The van der Waals surface area contributed by atoms with Crippen LogP contribution >= 0.6 is 0 Å². The molecule has 0 spiro atoms. The van der Waals surface area contributed by atoms with Gasteiger partial charge in [0.2, 0.25) is 0 Å². The number of aromatic nitrogens is 3. The van der Waals surface area contributed by atoms with Crippen LogP contribution in [0.15, 0.2) is 18.5 Å². The van der Waals surface area contributed by atoms with Crippen LogP contribution in [-0.2, 0) is 14.4 Å². The zero-order chi connectivity index (χ0) is 14.3. The molecule has 2 aromatic heterocycles. The summed E-state index contributed by atoms with van der Waals surface area (Å²) in [4.78, 5) is 43.6. The monoisotopic (exact) mass is 275 g/mol. The predicted octanol–water partition coefficient (Wildman–Crippen LogP) is -0.468. The lowest BCUT2D eigenvalue weighted by Crippen LogP contribution is -2.32. The van der Waals surface area contributed by atoms with Crippen molar-refractivity contribution in [2.45, 2.75) is 12.8 Å². The van der Waals surface area contributed by atoms with E-state index in [0.29, 0.717) is 5.06 Å². The van der Waals surface area contributed by atoms with Crippen molar-refractivity contribution in [1.82, 2.24) is 19.7 Å². The normalized spacial score (nSPS) is 15.1. The van der Waals surface area contributed by atoms with Crippen LogP contribution in [0.3, 0.4) is 0 Å². The number of rotatable bonds is 2. The Morgan fingerprint density at radius 3 is 2.70 bits per heavy atom. The third kappa shape index (κ3) is 1.76. The SMILES string of the molecule is Nc1nn2cccnc2c1C(=O)ON1C(=O)CCC1=O. The Kier molecular flexibility index (Phi) is 2.60. The third-order valence-corrected chi connectivity index (χ3v) is 2.81. The molecule has 0 saturated carbocycles. The largest absolute Gasteiger partial charge is 0.381 e. The summed E-state index contributed by atoms with van der Waals surface area (Å²) >= 11 is 0. The number of carbonyl (C=O) groups excluding carboxylic acids is 3. The predicted molar refractivity (Wildman–Crippen MR) is 63.9 cm³/mol. The highest BCUT2D eigenvalue weighted by molar-refractivity contribution is 6.05. The quantitative estimate of drug-likeness (QED) is 0.735. The summed E-state index contributed by atoms with van der Waals surface area (Å²) in [6.45, 7) is 0. The van der Waals surface area contributed by atoms with Crippen molar-refractivity contribution in [2.24, 2.45) is 0 Å². The molecule has 0 bridgehead atoms. The molecule has 2 N–H and O–H groups in total. The summed E-state index contributed by atoms with van der Waals surface area (Å²) in [5.74, 6) is -2.16. The summed E-state index contributed by atoms with van der Waals surface area (Å²) in [6, 6.07) is 1.61. The molecule has 2 amide bonds. The first kappa shape index (κ1) is 12.1. The Balaban J connectivity index is 1.95. The van der Waals surface area contributed by atoms with Gasteiger partial charge in [-0.1, -0.05) is 0 Å². The van der Waals surface area contributed by atoms with E-state index in [1.54, 1.807) is 12.3 Å². The minimum Gasteiger partial charge on any atom is -0.381 e. The van der Waals surface area contributed by atoms with Crippen molar-refractivity contribution in [3.8, 4) is 0 Å². The number of nitrogen functional groups attached to an aromatic ring is 1. The van der Waals surface area contributed by atoms with E-state index in [4.69, 9.17) is 10.6 Å². The number of carbonyl (C=O) groups is 3. The standard InChI is InChI=1S/C11H9N5O4/c12-9-8(10-13-4-1-5-15(10)14-9)11(19)20-16-6(17)2-3-7(16)18/h1,4-5H,2-3H2,(H2,12,14). The van der Waals surface area contributed by atoms with Crippen LogP contribution in [-0.4, -0.2) is 37.4 Å². The van der Waals surface area contributed by atoms with E-state index in [2.05, 4.69) is 10.1 Å². The Hall–Kier alpha value is -2.97. The second-order valence-electron chi connectivity index (χ2n) is 4.11. The molecule has 9 nitrogen and oxygen atoms in total. The van der Waals surface area contributed by atoms with Crippen molar-refractivity contribution in [3.05, 3.63) is 24.0 Å². The molecule has 1 aliphatic heterocycles. The Bertz CT molecular complexity index is 721. The van der Waals surface area contributed by atoms with Crippen molar-refractivity contribution in [3.63, 3.8) is 0 Å². The molecule has 1 aliphatic rings. The number of anilines is 1. The van der Waals surface area contributed by atoms with Gasteiger partial charge in [-0.3, -0.25) is 9.59 Å². The van der Waals surface area contributed by atoms with Crippen molar-refractivity contribution in [1.29, 1.82) is 0 Å². The Labute approximate surface area is 111 Å². The lowest BCUT2D eigenvalue weighted by Gasteiger charge is -2.11. The number of fused-ring (bicyclic) bond motifs is 1. The lowest BCUT2D eigenvalue weighted by atomic mass is 10.3. The molecule has 20 heavy (non-hydrogen) atoms. The third-order valence-electron chi connectivity index (χ3n) is 2.81. The molecule has 0 aromatic carbocycles. The highest BCUT2D eigenvalue weighted by atomic mass is 16.7. The maximum absolute atomic E-state index is 12.0. The first-order valence-electron chi connectivity index (χ1n) is 5.75. The molecule has 102 valence electrons. The Morgan fingerprint density at radius 2 is 2.00 bits per heavy atom. The number of imide groups is 1. The van der Waals surface area contributed by atoms with E-state index < -0.39 is 17.8 Å². The van der Waals surface area contributed by atoms with Gasteiger partial charge in [0, 0.05) is 25.2 Å². The van der Waals surface area contributed by atoms with Gasteiger partial charge in [-0.2, -0.15) is 0 Å². The summed E-state index contributed by atoms with van der Waals surface area (Å²) < 4.78 is 1.31. The zero-order valence-corrected chi connectivity index (χ0v) is 10.1. The van der Waals surface area contributed by atoms with E-state index in [9.17, 15) is 14.4 Å². The van der Waals surface area contributed by atoms with Gasteiger partial charge in [-0.15, -0.1) is 10.2 Å². The number of nitrogens with zero attached hydrogens (tertiary/aromatic N) is 4. The number of hydrogen-bond donors (Lipinski definition) is 1. The molecule has 3 heterocycles. The molecule has 0 aliphatic carbocycles. The van der Waals surface area contributed by atoms with Gasteiger partial charge in [0.25, 0.3) is 11.8 Å². The second kappa shape index (κ2) is 4.30. The van der Waals surface area contributed by atoms with Crippen LogP contribution < -0.4 is 5.73 Å². The van der Waals surface area contributed by atoms with Crippen molar-refractivity contribution < 1.29 is 19.2 Å². The van der Waals surface area contributed by atoms with E-state index in [1.807, 2.05) is 0 Å². The van der Waals surface area contributed by atoms with Gasteiger partial charge >= 0.3 is 5.97 Å². The second-order valence-corrected chi connectivity index (χ2v) is 4.11. The molecule has 1 saturated heterocycles. The average molecular weight is 275 g/mol. The maximum Gasteiger partial charge on any atom is 0.371 e. The summed E-state index contributed by atoms with van der Waals surface area (Å²) in [7, 11) is 0. The van der Waals surface area contributed by atoms with E-state index in [1.165, 1.54) is 10.7 Å². The number of nitrogens with two attached hydrogens (primary N) is 1. The van der Waals surface area contributed by atoms with Crippen molar-refractivity contribution >= 4 is 29.2 Å². The smallest absolute Gasteiger partial charge is 0.371 e. The van der Waals surface area contributed by atoms with Crippen LogP contribution in [0.1, 0.15) is 23.2 Å². The molecule has 0 unspecified atom stereocenters. The first-order chi connectivity index (χ1) is 9.58. The molecule has 0 radical (unpaired) electrons. The van der Waals surface area contributed by atoms with Crippen LogP contribution in [0.4, 0.5) is 5.82 Å². The number of hydroxylamine groups is 2. The lowest BCUT2D eigenvalue weighted by molar-refractivity contribution is -0.172. The highest BCUT2D eigenvalue weighted by Crippen LogP contribution is 2.19. The molecular weight excluding hydrogens is 266 g/mol. The average Bonchev–Trinajstić information content (AvgIpc) is 2.91. The number of amides is 2. The number of hydrogen-bond acceptors (Lipinski definition) is 7. The summed E-state index contributed by atoms with van der Waals surface area (Å²) in [5.41, 5.74) is 5.74.